The Bertz CT molecular complexity index is 921. The molecule has 0 N–H and O–H groups in total. The zero-order chi connectivity index (χ0) is 22.8. The van der Waals surface area contributed by atoms with Crippen LogP contribution in [0.5, 0.6) is 0 Å². The number of rotatable bonds is 7. The van der Waals surface area contributed by atoms with E-state index in [2.05, 4.69) is 32.0 Å². The quantitative estimate of drug-likeness (QED) is 0.388. The summed E-state index contributed by atoms with van der Waals surface area (Å²) in [5.74, 6) is 6.54. The molecule has 2 heterocycles. The highest BCUT2D eigenvalue weighted by atomic mass is 32.2. The lowest BCUT2D eigenvalue weighted by atomic mass is 9.45. The van der Waals surface area contributed by atoms with Crippen LogP contribution in [0.4, 0.5) is 10.1 Å². The van der Waals surface area contributed by atoms with E-state index in [0.717, 1.165) is 49.0 Å². The van der Waals surface area contributed by atoms with Crippen LogP contribution in [-0.4, -0.2) is 35.0 Å². The van der Waals surface area contributed by atoms with Gasteiger partial charge >= 0.3 is 0 Å². The van der Waals surface area contributed by atoms with Crippen molar-refractivity contribution >= 4 is 34.7 Å². The van der Waals surface area contributed by atoms with Gasteiger partial charge in [0.25, 0.3) is 6.71 Å². The second kappa shape index (κ2) is 12.4. The lowest BCUT2D eigenvalue weighted by Gasteiger charge is -2.37. The monoisotopic (exact) mass is 438 g/mol. The summed E-state index contributed by atoms with van der Waals surface area (Å²) in [6.45, 7) is 12.2. The third-order valence-corrected chi connectivity index (χ3v) is 7.13. The third-order valence-electron chi connectivity index (χ3n) is 5.32. The number of anilines is 1. The van der Waals surface area contributed by atoms with Crippen molar-refractivity contribution < 1.29 is 4.39 Å². The average molecular weight is 438 g/mol. The molecule has 1 aliphatic rings. The molecule has 0 radical (unpaired) electrons. The van der Waals surface area contributed by atoms with E-state index in [1.165, 1.54) is 0 Å². The van der Waals surface area contributed by atoms with Crippen LogP contribution in [0.3, 0.4) is 0 Å². The second-order valence-electron chi connectivity index (χ2n) is 7.18. The van der Waals surface area contributed by atoms with Crippen molar-refractivity contribution in [3.8, 4) is 5.97 Å². The molecule has 0 bridgehead atoms. The van der Waals surface area contributed by atoms with Crippen LogP contribution in [0.15, 0.2) is 49.3 Å². The number of hydrogen-bond donors (Lipinski definition) is 0. The van der Waals surface area contributed by atoms with Gasteiger partial charge in [-0.15, -0.1) is 0 Å². The van der Waals surface area contributed by atoms with E-state index in [1.807, 2.05) is 45.0 Å². The first-order valence-corrected chi connectivity index (χ1v) is 12.2. The van der Waals surface area contributed by atoms with Gasteiger partial charge in [-0.25, -0.2) is 14.0 Å². The standard InChI is InChI=1S/C22H26BFN4S.C2H6/c1-4-18(2)19-7-8-20(22(24)14-19)16-28(21-6-5-11-26-15-21)29(3)27-12-9-23(17-25)10-13-27;1-2/h5-8,11,14-15H,2-4,9-10,12-13,16H2,1H3;1-2H3. The molecule has 7 heteroatoms. The fourth-order valence-corrected chi connectivity index (χ4v) is 4.93. The van der Waals surface area contributed by atoms with Crippen molar-refractivity contribution in [1.82, 2.24) is 9.29 Å². The molecule has 31 heavy (non-hydrogen) atoms. The fraction of sp³-hybridized carbons (Fsp3) is 0.375. The van der Waals surface area contributed by atoms with Crippen molar-refractivity contribution in [2.45, 2.75) is 46.4 Å². The summed E-state index contributed by atoms with van der Waals surface area (Å²) in [5, 5.41) is 9.16. The average Bonchev–Trinajstić information content (AvgIpc) is 2.84. The molecule has 1 saturated heterocycles. The number of nitrogens with zero attached hydrogens (tertiary/aromatic N) is 4. The summed E-state index contributed by atoms with van der Waals surface area (Å²) in [6, 6.07) is 9.21. The van der Waals surface area contributed by atoms with Gasteiger partial charge in [0.2, 0.25) is 0 Å². The van der Waals surface area contributed by atoms with Gasteiger partial charge in [0.1, 0.15) is 5.82 Å². The molecule has 1 fully saturated rings. The predicted molar refractivity (Wildman–Crippen MR) is 135 cm³/mol. The molecule has 1 aliphatic heterocycles. The largest absolute Gasteiger partial charge is 0.304 e. The molecule has 1 unspecified atom stereocenters. The summed E-state index contributed by atoms with van der Waals surface area (Å²) < 4.78 is 19.3. The van der Waals surface area contributed by atoms with E-state index in [-0.39, 0.29) is 12.5 Å². The molecule has 4 nitrogen and oxygen atoms in total. The maximum absolute atomic E-state index is 14.9. The Hall–Kier alpha value is -2.43. The number of aromatic nitrogens is 1. The highest BCUT2D eigenvalue weighted by Crippen LogP contribution is 2.34. The molecule has 164 valence electrons. The number of hydrogen-bond acceptors (Lipinski definition) is 4. The SMILES string of the molecule is C=C(CC)c1ccc(CN(c2cccnc2)S(=C)N2CCB(C#N)CC2)c(F)c1.CC. The number of nitriles is 1. The predicted octanol–water partition coefficient (Wildman–Crippen LogP) is 6.08. The van der Waals surface area contributed by atoms with E-state index in [0.29, 0.717) is 12.1 Å². The minimum absolute atomic E-state index is 0.117. The summed E-state index contributed by atoms with van der Waals surface area (Å²) in [6.07, 6.45) is 6.00. The van der Waals surface area contributed by atoms with Crippen LogP contribution in [0, 0.1) is 17.0 Å². The Morgan fingerprint density at radius 1 is 1.32 bits per heavy atom. The summed E-state index contributed by atoms with van der Waals surface area (Å²) in [7, 11) is -0.504. The maximum atomic E-state index is 14.9. The first-order chi connectivity index (χ1) is 15.0. The van der Waals surface area contributed by atoms with Gasteiger partial charge in [-0.1, -0.05) is 39.5 Å². The summed E-state index contributed by atoms with van der Waals surface area (Å²) in [5.41, 5.74) is 3.30. The number of benzene rings is 1. The first-order valence-electron chi connectivity index (χ1n) is 10.9. The van der Waals surface area contributed by atoms with Crippen LogP contribution in [0.2, 0.25) is 12.6 Å². The van der Waals surface area contributed by atoms with Crippen LogP contribution in [0.25, 0.3) is 5.57 Å². The Balaban J connectivity index is 0.00000166. The second-order valence-corrected chi connectivity index (χ2v) is 8.82. The van der Waals surface area contributed by atoms with Gasteiger partial charge in [-0.2, -0.15) is 0 Å². The molecular formula is C24H32BFN4S. The molecule has 1 atom stereocenters. The van der Waals surface area contributed by atoms with Crippen LogP contribution < -0.4 is 4.31 Å². The number of allylic oxidation sites excluding steroid dienone is 1. The van der Waals surface area contributed by atoms with Crippen molar-refractivity contribution in [3.63, 3.8) is 0 Å². The maximum Gasteiger partial charge on any atom is 0.270 e. The van der Waals surface area contributed by atoms with E-state index in [1.54, 1.807) is 18.5 Å². The van der Waals surface area contributed by atoms with E-state index < -0.39 is 10.9 Å². The smallest absolute Gasteiger partial charge is 0.270 e. The van der Waals surface area contributed by atoms with Gasteiger partial charge in [0.05, 0.1) is 18.4 Å². The lowest BCUT2D eigenvalue weighted by Crippen LogP contribution is -2.37. The molecule has 3 rings (SSSR count). The Kier molecular flexibility index (Phi) is 9.96. The third kappa shape index (κ3) is 6.53. The first kappa shape index (κ1) is 24.8. The van der Waals surface area contributed by atoms with E-state index in [4.69, 9.17) is 5.26 Å². The zero-order valence-corrected chi connectivity index (χ0v) is 19.7. The molecule has 1 aromatic heterocycles. The topological polar surface area (TPSA) is 43.2 Å². The number of pyridine rings is 1. The van der Waals surface area contributed by atoms with Gasteiger partial charge in [0, 0.05) is 30.8 Å². The van der Waals surface area contributed by atoms with Crippen LogP contribution >= 0.6 is 10.9 Å². The van der Waals surface area contributed by atoms with Crippen molar-refractivity contribution in [3.05, 3.63) is 66.2 Å². The van der Waals surface area contributed by atoms with Gasteiger partial charge < -0.3 is 4.31 Å². The fourth-order valence-electron chi connectivity index (χ4n) is 3.38. The Labute approximate surface area is 189 Å². The minimum atomic E-state index is -0.504. The van der Waals surface area contributed by atoms with Gasteiger partial charge in [-0.3, -0.25) is 4.98 Å². The molecule has 0 amide bonds. The zero-order valence-electron chi connectivity index (χ0n) is 18.9. The summed E-state index contributed by atoms with van der Waals surface area (Å²) in [4.78, 5) is 4.24. The summed E-state index contributed by atoms with van der Waals surface area (Å²) >= 11 is 0. The Morgan fingerprint density at radius 3 is 2.58 bits per heavy atom. The van der Waals surface area contributed by atoms with Crippen molar-refractivity contribution in [2.24, 2.45) is 0 Å². The molecule has 2 aromatic rings. The molecule has 0 spiro atoms. The normalized spacial score (nSPS) is 14.7. The molecular weight excluding hydrogens is 406 g/mol. The Morgan fingerprint density at radius 2 is 2.03 bits per heavy atom. The lowest BCUT2D eigenvalue weighted by molar-refractivity contribution is 0.500. The minimum Gasteiger partial charge on any atom is -0.304 e. The van der Waals surface area contributed by atoms with Crippen LogP contribution in [-0.2, 0) is 6.54 Å². The molecule has 0 saturated carbocycles. The number of halogens is 1. The van der Waals surface area contributed by atoms with Crippen LogP contribution in [0.1, 0.15) is 38.3 Å². The molecule has 0 aliphatic carbocycles. The highest BCUT2D eigenvalue weighted by Gasteiger charge is 2.26. The highest BCUT2D eigenvalue weighted by molar-refractivity contribution is 8.13. The molecule has 1 aromatic carbocycles. The van der Waals surface area contributed by atoms with Gasteiger partial charge in [0.15, 0.2) is 0 Å². The van der Waals surface area contributed by atoms with E-state index in [9.17, 15) is 4.39 Å². The van der Waals surface area contributed by atoms with Gasteiger partial charge in [-0.05, 0) is 65.1 Å². The van der Waals surface area contributed by atoms with Crippen molar-refractivity contribution in [1.29, 1.82) is 5.26 Å². The van der Waals surface area contributed by atoms with Crippen molar-refractivity contribution in [2.75, 3.05) is 17.4 Å². The van der Waals surface area contributed by atoms with E-state index >= 15 is 0 Å².